The Kier molecular flexibility index (Phi) is 3.99. The number of nitrogens with one attached hydrogen (secondary N) is 1. The topological polar surface area (TPSA) is 58.4 Å². The van der Waals surface area contributed by atoms with Crippen LogP contribution in [0.5, 0.6) is 0 Å². The first-order valence-electron chi connectivity index (χ1n) is 6.42. The van der Waals surface area contributed by atoms with Gasteiger partial charge in [-0.25, -0.2) is 0 Å². The van der Waals surface area contributed by atoms with Crippen LogP contribution in [-0.2, 0) is 6.54 Å². The van der Waals surface area contributed by atoms with Crippen LogP contribution >= 0.6 is 0 Å². The maximum absolute atomic E-state index is 11.2. The van der Waals surface area contributed by atoms with E-state index in [1.54, 1.807) is 6.07 Å². The van der Waals surface area contributed by atoms with Crippen molar-refractivity contribution in [1.29, 1.82) is 0 Å². The third kappa shape index (κ3) is 3.09. The standard InChI is InChI=1S/C14H21N3O/c1-10-8-17(11(2)7-16-10)9-12-4-3-5-13(6-12)14(15)18/h3-6,10-11,16H,7-9H2,1-2H3,(H2,15,18). The zero-order valence-corrected chi connectivity index (χ0v) is 11.0. The number of carbonyl (C=O) groups excluding carboxylic acids is 1. The van der Waals surface area contributed by atoms with Gasteiger partial charge in [0.1, 0.15) is 0 Å². The molecule has 0 aromatic heterocycles. The number of primary amides is 1. The van der Waals surface area contributed by atoms with Crippen LogP contribution in [0.2, 0.25) is 0 Å². The van der Waals surface area contributed by atoms with Crippen LogP contribution in [0.4, 0.5) is 0 Å². The monoisotopic (exact) mass is 247 g/mol. The van der Waals surface area contributed by atoms with E-state index in [1.807, 2.05) is 18.2 Å². The van der Waals surface area contributed by atoms with Crippen molar-refractivity contribution in [3.05, 3.63) is 35.4 Å². The molecule has 0 radical (unpaired) electrons. The number of nitrogens with zero attached hydrogens (tertiary/aromatic N) is 1. The molecule has 18 heavy (non-hydrogen) atoms. The predicted octanol–water partition coefficient (Wildman–Crippen LogP) is 0.968. The first-order chi connectivity index (χ1) is 8.56. The molecule has 2 unspecified atom stereocenters. The van der Waals surface area contributed by atoms with Gasteiger partial charge in [-0.1, -0.05) is 12.1 Å². The third-order valence-corrected chi connectivity index (χ3v) is 3.49. The fourth-order valence-electron chi connectivity index (χ4n) is 2.37. The molecule has 1 fully saturated rings. The van der Waals surface area contributed by atoms with Crippen molar-refractivity contribution in [2.45, 2.75) is 32.5 Å². The van der Waals surface area contributed by atoms with Gasteiger partial charge in [0.05, 0.1) is 0 Å². The molecule has 4 nitrogen and oxygen atoms in total. The van der Waals surface area contributed by atoms with Gasteiger partial charge in [0.15, 0.2) is 0 Å². The van der Waals surface area contributed by atoms with Gasteiger partial charge in [0.2, 0.25) is 5.91 Å². The van der Waals surface area contributed by atoms with Gasteiger partial charge in [0, 0.05) is 37.3 Å². The van der Waals surface area contributed by atoms with Gasteiger partial charge in [-0.2, -0.15) is 0 Å². The minimum absolute atomic E-state index is 0.362. The molecular formula is C14H21N3O. The molecule has 1 saturated heterocycles. The summed E-state index contributed by atoms with van der Waals surface area (Å²) in [5.74, 6) is -0.362. The van der Waals surface area contributed by atoms with Crippen LogP contribution in [0.15, 0.2) is 24.3 Å². The zero-order valence-electron chi connectivity index (χ0n) is 11.0. The molecular weight excluding hydrogens is 226 g/mol. The van der Waals surface area contributed by atoms with Crippen molar-refractivity contribution in [1.82, 2.24) is 10.2 Å². The molecule has 98 valence electrons. The molecule has 1 heterocycles. The van der Waals surface area contributed by atoms with Crippen LogP contribution < -0.4 is 11.1 Å². The summed E-state index contributed by atoms with van der Waals surface area (Å²) in [7, 11) is 0. The predicted molar refractivity (Wildman–Crippen MR) is 72.3 cm³/mol. The largest absolute Gasteiger partial charge is 0.366 e. The summed E-state index contributed by atoms with van der Waals surface area (Å²) in [6.07, 6.45) is 0. The molecule has 2 atom stereocenters. The highest BCUT2D eigenvalue weighted by atomic mass is 16.1. The highest BCUT2D eigenvalue weighted by molar-refractivity contribution is 5.92. The van der Waals surface area contributed by atoms with E-state index in [2.05, 4.69) is 24.1 Å². The van der Waals surface area contributed by atoms with E-state index in [0.717, 1.165) is 25.2 Å². The van der Waals surface area contributed by atoms with E-state index < -0.39 is 0 Å². The number of hydrogen-bond donors (Lipinski definition) is 2. The van der Waals surface area contributed by atoms with Gasteiger partial charge in [-0.3, -0.25) is 9.69 Å². The lowest BCUT2D eigenvalue weighted by atomic mass is 10.1. The molecule has 1 aromatic carbocycles. The van der Waals surface area contributed by atoms with Crippen LogP contribution in [0.1, 0.15) is 29.8 Å². The number of amides is 1. The van der Waals surface area contributed by atoms with Crippen LogP contribution in [0, 0.1) is 0 Å². The van der Waals surface area contributed by atoms with Crippen molar-refractivity contribution in [2.75, 3.05) is 13.1 Å². The Morgan fingerprint density at radius 1 is 1.50 bits per heavy atom. The number of benzene rings is 1. The summed E-state index contributed by atoms with van der Waals surface area (Å²) >= 11 is 0. The molecule has 4 heteroatoms. The van der Waals surface area contributed by atoms with Crippen LogP contribution in [-0.4, -0.2) is 36.0 Å². The van der Waals surface area contributed by atoms with Crippen molar-refractivity contribution in [2.24, 2.45) is 5.73 Å². The average molecular weight is 247 g/mol. The number of nitrogens with two attached hydrogens (primary N) is 1. The molecule has 0 aliphatic carbocycles. The fraction of sp³-hybridized carbons (Fsp3) is 0.500. The van der Waals surface area contributed by atoms with Crippen molar-refractivity contribution in [3.8, 4) is 0 Å². The second-order valence-electron chi connectivity index (χ2n) is 5.15. The minimum Gasteiger partial charge on any atom is -0.366 e. The maximum Gasteiger partial charge on any atom is 0.248 e. The smallest absolute Gasteiger partial charge is 0.248 e. The molecule has 1 aromatic rings. The second kappa shape index (κ2) is 5.50. The summed E-state index contributed by atoms with van der Waals surface area (Å²) < 4.78 is 0. The highest BCUT2D eigenvalue weighted by Crippen LogP contribution is 2.13. The SMILES string of the molecule is CC1CN(Cc2cccc(C(N)=O)c2)C(C)CN1. The lowest BCUT2D eigenvalue weighted by Gasteiger charge is -2.37. The van der Waals surface area contributed by atoms with Crippen LogP contribution in [0.3, 0.4) is 0 Å². The Morgan fingerprint density at radius 2 is 2.28 bits per heavy atom. The van der Waals surface area contributed by atoms with E-state index in [1.165, 1.54) is 0 Å². The Labute approximate surface area is 108 Å². The molecule has 1 aliphatic heterocycles. The quantitative estimate of drug-likeness (QED) is 0.836. The van der Waals surface area contributed by atoms with E-state index >= 15 is 0 Å². The highest BCUT2D eigenvalue weighted by Gasteiger charge is 2.22. The van der Waals surface area contributed by atoms with Gasteiger partial charge in [0.25, 0.3) is 0 Å². The fourth-order valence-corrected chi connectivity index (χ4v) is 2.37. The molecule has 0 bridgehead atoms. The molecule has 0 spiro atoms. The third-order valence-electron chi connectivity index (χ3n) is 3.49. The van der Waals surface area contributed by atoms with Crippen molar-refractivity contribution < 1.29 is 4.79 Å². The lowest BCUT2D eigenvalue weighted by Crippen LogP contribution is -2.53. The van der Waals surface area contributed by atoms with Crippen molar-refractivity contribution in [3.63, 3.8) is 0 Å². The molecule has 2 rings (SSSR count). The van der Waals surface area contributed by atoms with E-state index in [0.29, 0.717) is 17.6 Å². The normalized spacial score (nSPS) is 25.0. The van der Waals surface area contributed by atoms with E-state index in [-0.39, 0.29) is 5.91 Å². The number of rotatable bonds is 3. The summed E-state index contributed by atoms with van der Waals surface area (Å²) in [5.41, 5.74) is 7.03. The first kappa shape index (κ1) is 13.1. The zero-order chi connectivity index (χ0) is 13.1. The van der Waals surface area contributed by atoms with Gasteiger partial charge in [-0.05, 0) is 31.5 Å². The van der Waals surface area contributed by atoms with Crippen molar-refractivity contribution >= 4 is 5.91 Å². The number of carbonyl (C=O) groups is 1. The average Bonchev–Trinajstić information content (AvgIpc) is 2.34. The second-order valence-corrected chi connectivity index (χ2v) is 5.15. The number of piperazine rings is 1. The lowest BCUT2D eigenvalue weighted by molar-refractivity contribution is 0.1000. The Bertz CT molecular complexity index is 433. The first-order valence-corrected chi connectivity index (χ1v) is 6.42. The van der Waals surface area contributed by atoms with E-state index in [4.69, 9.17) is 5.73 Å². The Balaban J connectivity index is 2.08. The summed E-state index contributed by atoms with van der Waals surface area (Å²) in [4.78, 5) is 13.6. The Morgan fingerprint density at radius 3 is 3.00 bits per heavy atom. The van der Waals surface area contributed by atoms with E-state index in [9.17, 15) is 4.79 Å². The summed E-state index contributed by atoms with van der Waals surface area (Å²) in [5, 5.41) is 3.46. The molecule has 0 saturated carbocycles. The number of hydrogen-bond acceptors (Lipinski definition) is 3. The maximum atomic E-state index is 11.2. The molecule has 1 aliphatic rings. The molecule has 3 N–H and O–H groups in total. The summed E-state index contributed by atoms with van der Waals surface area (Å²) in [6.45, 7) is 7.32. The van der Waals surface area contributed by atoms with Gasteiger partial charge in [-0.15, -0.1) is 0 Å². The summed E-state index contributed by atoms with van der Waals surface area (Å²) in [6, 6.07) is 8.62. The Hall–Kier alpha value is -1.39. The van der Waals surface area contributed by atoms with Gasteiger partial charge < -0.3 is 11.1 Å². The van der Waals surface area contributed by atoms with Crippen LogP contribution in [0.25, 0.3) is 0 Å². The minimum atomic E-state index is -0.362. The molecule has 1 amide bonds. The van der Waals surface area contributed by atoms with Gasteiger partial charge >= 0.3 is 0 Å².